The molecule has 1 aliphatic heterocycles. The van der Waals surface area contributed by atoms with Gasteiger partial charge in [0.05, 0.1) is 53.5 Å². The largest absolute Gasteiger partial charge is 0.488 e. The number of hydrogen-bond donors (Lipinski definition) is 2. The number of benzene rings is 2. The number of carboxylic acid groups (broad SMARTS) is 1. The Bertz CT molecular complexity index is 1720. The zero-order chi connectivity index (χ0) is 39.1. The molecule has 0 aliphatic carbocycles. The maximum absolute atomic E-state index is 13.9. The molecular formula is C34H35F9N4O6. The molecule has 2 N–H and O–H groups in total. The van der Waals surface area contributed by atoms with Crippen LogP contribution in [-0.4, -0.2) is 60.1 Å². The van der Waals surface area contributed by atoms with Gasteiger partial charge in [-0.25, -0.2) is 14.8 Å². The van der Waals surface area contributed by atoms with Crippen LogP contribution < -0.4 is 15.0 Å². The highest BCUT2D eigenvalue weighted by Gasteiger charge is 2.40. The number of methoxy groups -OCH3 is 1. The minimum atomic E-state index is -5.10. The monoisotopic (exact) mass is 766 g/mol. The predicted octanol–water partition coefficient (Wildman–Crippen LogP) is 8.68. The summed E-state index contributed by atoms with van der Waals surface area (Å²) in [5.74, 6) is -1.35. The van der Waals surface area contributed by atoms with Crippen LogP contribution in [0.3, 0.4) is 0 Å². The first-order valence-corrected chi connectivity index (χ1v) is 16.2. The van der Waals surface area contributed by atoms with E-state index < -0.39 is 71.3 Å². The number of rotatable bonds is 14. The fraction of sp³-hybridized carbons (Fsp3) is 0.471. The number of aromatic nitrogens is 2. The Kier molecular flexibility index (Phi) is 13.1. The number of amides is 1. The van der Waals surface area contributed by atoms with Gasteiger partial charge in [-0.3, -0.25) is 9.69 Å². The minimum Gasteiger partial charge on any atom is -0.488 e. The number of ether oxygens (including phenoxy) is 3. The van der Waals surface area contributed by atoms with Gasteiger partial charge in [-0.2, -0.15) is 39.5 Å². The number of alkyl halides is 9. The van der Waals surface area contributed by atoms with Crippen molar-refractivity contribution in [1.82, 2.24) is 9.97 Å². The molecule has 2 heterocycles. The number of carbonyl (C=O) groups is 2. The maximum atomic E-state index is 13.9. The van der Waals surface area contributed by atoms with Gasteiger partial charge in [0.15, 0.2) is 5.75 Å². The lowest BCUT2D eigenvalue weighted by atomic mass is 9.89. The highest BCUT2D eigenvalue weighted by atomic mass is 19.4. The van der Waals surface area contributed by atoms with Gasteiger partial charge in [0.25, 0.3) is 0 Å². The van der Waals surface area contributed by atoms with Gasteiger partial charge in [-0.15, -0.1) is 0 Å². The number of anilines is 2. The van der Waals surface area contributed by atoms with E-state index in [9.17, 15) is 49.1 Å². The average molecular weight is 767 g/mol. The van der Waals surface area contributed by atoms with Crippen LogP contribution >= 0.6 is 0 Å². The van der Waals surface area contributed by atoms with Crippen molar-refractivity contribution in [2.45, 2.75) is 76.1 Å². The van der Waals surface area contributed by atoms with Crippen molar-refractivity contribution in [3.05, 3.63) is 76.1 Å². The zero-order valence-electron chi connectivity index (χ0n) is 28.3. The Morgan fingerprint density at radius 3 is 2.15 bits per heavy atom. The van der Waals surface area contributed by atoms with E-state index in [1.54, 1.807) is 6.92 Å². The lowest BCUT2D eigenvalue weighted by Crippen LogP contribution is -2.46. The molecule has 53 heavy (non-hydrogen) atoms. The third-order valence-electron chi connectivity index (χ3n) is 8.24. The smallest absolute Gasteiger partial charge is 0.416 e. The molecule has 4 rings (SSSR count). The number of unbranched alkanes of at least 4 members (excludes halogenated alkanes) is 1. The SMILES string of the molecule is CC[C@@H]1C[C@H](Nc2ncc(OCCOC)c(Cc3cc(C(F)(F)F)cc(C(F)(F)F)c3)n2)c2cc(C(F)(F)F)ccc2N1C(=O)OCCCCC(=O)O. The van der Waals surface area contributed by atoms with Gasteiger partial charge >= 0.3 is 30.6 Å². The summed E-state index contributed by atoms with van der Waals surface area (Å²) >= 11 is 0. The first-order chi connectivity index (χ1) is 24.8. The fourth-order valence-electron chi connectivity index (χ4n) is 5.70. The summed E-state index contributed by atoms with van der Waals surface area (Å²) in [6.07, 6.45) is -14.7. The van der Waals surface area contributed by atoms with E-state index in [0.29, 0.717) is 18.6 Å². The van der Waals surface area contributed by atoms with Crippen molar-refractivity contribution in [2.75, 3.05) is 37.1 Å². The molecule has 0 saturated heterocycles. The maximum Gasteiger partial charge on any atom is 0.416 e. The molecule has 0 unspecified atom stereocenters. The molecule has 0 bridgehead atoms. The second-order valence-corrected chi connectivity index (χ2v) is 12.0. The minimum absolute atomic E-state index is 0.00520. The van der Waals surface area contributed by atoms with Crippen LogP contribution in [0.4, 0.5) is 55.9 Å². The Hall–Kier alpha value is -4.81. The van der Waals surface area contributed by atoms with Crippen LogP contribution in [0.1, 0.15) is 78.6 Å². The third kappa shape index (κ3) is 10.9. The number of nitrogens with zero attached hydrogens (tertiary/aromatic N) is 3. The summed E-state index contributed by atoms with van der Waals surface area (Å²) in [7, 11) is 1.37. The molecule has 290 valence electrons. The van der Waals surface area contributed by atoms with E-state index >= 15 is 0 Å². The summed E-state index contributed by atoms with van der Waals surface area (Å²) in [5.41, 5.74) is -4.57. The van der Waals surface area contributed by atoms with Gasteiger partial charge in [0.1, 0.15) is 6.61 Å². The zero-order valence-corrected chi connectivity index (χ0v) is 28.3. The Balaban J connectivity index is 1.72. The predicted molar refractivity (Wildman–Crippen MR) is 170 cm³/mol. The number of nitrogens with one attached hydrogen (secondary N) is 1. The first kappa shape index (κ1) is 41.0. The molecule has 10 nitrogen and oxygen atoms in total. The second-order valence-electron chi connectivity index (χ2n) is 12.0. The van der Waals surface area contributed by atoms with Crippen molar-refractivity contribution in [3.8, 4) is 5.75 Å². The van der Waals surface area contributed by atoms with Crippen LogP contribution in [-0.2, 0) is 39.2 Å². The summed E-state index contributed by atoms with van der Waals surface area (Å²) in [4.78, 5) is 33.8. The highest BCUT2D eigenvalue weighted by Crippen LogP contribution is 2.43. The first-order valence-electron chi connectivity index (χ1n) is 16.2. The molecule has 2 atom stereocenters. The lowest BCUT2D eigenvalue weighted by Gasteiger charge is -2.40. The summed E-state index contributed by atoms with van der Waals surface area (Å²) in [6, 6.07) is 2.23. The van der Waals surface area contributed by atoms with Gasteiger partial charge in [0.2, 0.25) is 5.95 Å². The molecule has 0 spiro atoms. The molecule has 1 aromatic heterocycles. The van der Waals surface area contributed by atoms with Crippen LogP contribution in [0.15, 0.2) is 42.6 Å². The molecule has 0 radical (unpaired) electrons. The van der Waals surface area contributed by atoms with Crippen molar-refractivity contribution in [3.63, 3.8) is 0 Å². The normalized spacial score (nSPS) is 16.2. The summed E-state index contributed by atoms with van der Waals surface area (Å²) < 4.78 is 139. The van der Waals surface area contributed by atoms with E-state index in [4.69, 9.17) is 19.3 Å². The van der Waals surface area contributed by atoms with Crippen LogP contribution in [0, 0.1) is 0 Å². The second kappa shape index (κ2) is 16.9. The van der Waals surface area contributed by atoms with E-state index in [2.05, 4.69) is 15.3 Å². The number of fused-ring (bicyclic) bond motifs is 1. The van der Waals surface area contributed by atoms with Gasteiger partial charge in [-0.05, 0) is 73.2 Å². The fourth-order valence-corrected chi connectivity index (χ4v) is 5.70. The standard InChI is InChI=1S/C34H35F9N4O6/c1-3-23-17-25(24-16-20(32(35,36)37)7-8-27(24)47(23)31(50)53-9-5-4-6-29(48)49)45-30-44-18-28(52-11-10-51-2)26(46-30)14-19-12-21(33(38,39)40)15-22(13-19)34(41,42)43/h7-8,12-13,15-16,18,23,25H,3-6,9-11,14,17H2,1-2H3,(H,48,49)(H,44,45,46)/t23-,25+/m1/s1. The summed E-state index contributed by atoms with van der Waals surface area (Å²) in [6.45, 7) is 1.56. The Morgan fingerprint density at radius 1 is 0.906 bits per heavy atom. The van der Waals surface area contributed by atoms with Crippen molar-refractivity contribution in [2.24, 2.45) is 0 Å². The van der Waals surface area contributed by atoms with E-state index in [1.165, 1.54) is 12.0 Å². The number of aliphatic carboxylic acids is 1. The van der Waals surface area contributed by atoms with Gasteiger partial charge in [-0.1, -0.05) is 6.92 Å². The van der Waals surface area contributed by atoms with Gasteiger partial charge in [0, 0.05) is 26.0 Å². The molecule has 3 aromatic rings. The Morgan fingerprint density at radius 2 is 1.57 bits per heavy atom. The van der Waals surface area contributed by atoms with Gasteiger partial charge < -0.3 is 24.6 Å². The number of halogens is 9. The van der Waals surface area contributed by atoms with Crippen molar-refractivity contribution >= 4 is 23.7 Å². The lowest BCUT2D eigenvalue weighted by molar-refractivity contribution is -0.143. The molecule has 1 aliphatic rings. The van der Waals surface area contributed by atoms with Crippen molar-refractivity contribution < 1.29 is 68.4 Å². The molecule has 0 saturated carbocycles. The highest BCUT2D eigenvalue weighted by molar-refractivity contribution is 5.90. The van der Waals surface area contributed by atoms with Crippen LogP contribution in [0.25, 0.3) is 0 Å². The van der Waals surface area contributed by atoms with Crippen molar-refractivity contribution in [1.29, 1.82) is 0 Å². The third-order valence-corrected chi connectivity index (χ3v) is 8.24. The topological polar surface area (TPSA) is 123 Å². The number of hydrogen-bond acceptors (Lipinski definition) is 8. The molecule has 0 fully saturated rings. The Labute approximate surface area is 297 Å². The van der Waals surface area contributed by atoms with Crippen LogP contribution in [0.2, 0.25) is 0 Å². The van der Waals surface area contributed by atoms with Crippen LogP contribution in [0.5, 0.6) is 5.75 Å². The molecule has 2 aromatic carbocycles. The van der Waals surface area contributed by atoms with E-state index in [1.807, 2.05) is 0 Å². The number of carboxylic acids is 1. The summed E-state index contributed by atoms with van der Waals surface area (Å²) in [5, 5.41) is 11.8. The molecular weight excluding hydrogens is 731 g/mol. The van der Waals surface area contributed by atoms with E-state index in [-0.39, 0.29) is 80.2 Å². The molecule has 1 amide bonds. The number of carbonyl (C=O) groups excluding carboxylic acids is 1. The van der Waals surface area contributed by atoms with E-state index in [0.717, 1.165) is 24.4 Å². The molecule has 19 heteroatoms. The average Bonchev–Trinajstić information content (AvgIpc) is 3.07. The quantitative estimate of drug-likeness (QED) is 0.123.